The first kappa shape index (κ1) is 24.0. The second-order valence-corrected chi connectivity index (χ2v) is 7.51. The maximum atomic E-state index is 13.2. The van der Waals surface area contributed by atoms with Crippen LogP contribution in [0.2, 0.25) is 0 Å². The molecule has 0 fully saturated rings. The minimum absolute atomic E-state index is 0.0303. The number of nitrogens with one attached hydrogen (secondary N) is 2. The standard InChI is InChI=1S/C23H20F3N5O4/c1-34-13-19(14-2-4-16(5-3-14)35-23(24,25)26)30-22(33)31-12-20(32)28-18-7-6-17(29-21(18)31)15-8-10-27-11-9-15/h2-11,19H,12-13H2,1H3,(H,28,32)(H,30,33). The molecular formula is C23H20F3N5O4. The normalized spacial score (nSPS) is 14.1. The van der Waals surface area contributed by atoms with Crippen LogP contribution >= 0.6 is 0 Å². The third-order valence-electron chi connectivity index (χ3n) is 5.07. The van der Waals surface area contributed by atoms with Crippen molar-refractivity contribution in [1.82, 2.24) is 15.3 Å². The third-order valence-corrected chi connectivity index (χ3v) is 5.07. The van der Waals surface area contributed by atoms with E-state index in [1.54, 1.807) is 36.7 Å². The highest BCUT2D eigenvalue weighted by atomic mass is 19.4. The summed E-state index contributed by atoms with van der Waals surface area (Å²) in [6.45, 7) is -0.244. The number of pyridine rings is 2. The zero-order chi connectivity index (χ0) is 25.0. The number of hydrogen-bond acceptors (Lipinski definition) is 6. The van der Waals surface area contributed by atoms with Crippen molar-refractivity contribution in [2.24, 2.45) is 0 Å². The van der Waals surface area contributed by atoms with E-state index in [4.69, 9.17) is 4.74 Å². The molecule has 2 aromatic heterocycles. The van der Waals surface area contributed by atoms with Gasteiger partial charge >= 0.3 is 12.4 Å². The molecule has 12 heteroatoms. The van der Waals surface area contributed by atoms with Crippen molar-refractivity contribution >= 4 is 23.4 Å². The van der Waals surface area contributed by atoms with Gasteiger partial charge < -0.3 is 20.1 Å². The van der Waals surface area contributed by atoms with Crippen LogP contribution in [0, 0.1) is 0 Å². The number of ether oxygens (including phenoxy) is 2. The molecule has 0 saturated carbocycles. The highest BCUT2D eigenvalue weighted by molar-refractivity contribution is 6.08. The van der Waals surface area contributed by atoms with Gasteiger partial charge in [-0.3, -0.25) is 14.7 Å². The molecule has 0 aliphatic carbocycles. The number of urea groups is 1. The van der Waals surface area contributed by atoms with Gasteiger partial charge in [-0.1, -0.05) is 12.1 Å². The fourth-order valence-corrected chi connectivity index (χ4v) is 3.53. The first-order valence-electron chi connectivity index (χ1n) is 10.4. The molecule has 4 rings (SSSR count). The van der Waals surface area contributed by atoms with Crippen molar-refractivity contribution < 1.29 is 32.2 Å². The Morgan fingerprint density at radius 2 is 1.86 bits per heavy atom. The van der Waals surface area contributed by atoms with Crippen LogP contribution in [0.4, 0.5) is 29.5 Å². The zero-order valence-corrected chi connectivity index (χ0v) is 18.4. The van der Waals surface area contributed by atoms with Crippen molar-refractivity contribution in [2.45, 2.75) is 12.4 Å². The van der Waals surface area contributed by atoms with Crippen molar-refractivity contribution in [1.29, 1.82) is 0 Å². The van der Waals surface area contributed by atoms with E-state index < -0.39 is 30.1 Å². The SMILES string of the molecule is COCC(NC(=O)N1CC(=O)Nc2ccc(-c3ccncc3)nc21)c1ccc(OC(F)(F)F)cc1. The van der Waals surface area contributed by atoms with Crippen LogP contribution in [0.5, 0.6) is 5.75 Å². The van der Waals surface area contributed by atoms with Crippen LogP contribution in [-0.4, -0.2) is 48.5 Å². The highest BCUT2D eigenvalue weighted by Gasteiger charge is 2.32. The molecule has 9 nitrogen and oxygen atoms in total. The first-order chi connectivity index (χ1) is 16.7. The van der Waals surface area contributed by atoms with Crippen LogP contribution in [0.3, 0.4) is 0 Å². The van der Waals surface area contributed by atoms with E-state index in [-0.39, 0.29) is 19.0 Å². The number of nitrogens with zero attached hydrogens (tertiary/aromatic N) is 3. The Hall–Kier alpha value is -4.19. The van der Waals surface area contributed by atoms with Gasteiger partial charge in [0.25, 0.3) is 0 Å². The minimum atomic E-state index is -4.81. The molecule has 0 saturated heterocycles. The maximum Gasteiger partial charge on any atom is 0.573 e. The highest BCUT2D eigenvalue weighted by Crippen LogP contribution is 2.31. The molecule has 0 radical (unpaired) electrons. The van der Waals surface area contributed by atoms with Crippen molar-refractivity contribution in [3.05, 3.63) is 66.5 Å². The van der Waals surface area contributed by atoms with E-state index in [9.17, 15) is 22.8 Å². The lowest BCUT2D eigenvalue weighted by molar-refractivity contribution is -0.274. The van der Waals surface area contributed by atoms with Gasteiger partial charge in [-0.25, -0.2) is 9.78 Å². The molecule has 1 aliphatic heterocycles. The summed E-state index contributed by atoms with van der Waals surface area (Å²) >= 11 is 0. The Kier molecular flexibility index (Phi) is 6.82. The van der Waals surface area contributed by atoms with E-state index in [0.717, 1.165) is 17.7 Å². The molecule has 3 aromatic rings. The monoisotopic (exact) mass is 487 g/mol. The average Bonchev–Trinajstić information content (AvgIpc) is 2.83. The lowest BCUT2D eigenvalue weighted by Gasteiger charge is -2.30. The van der Waals surface area contributed by atoms with E-state index >= 15 is 0 Å². The van der Waals surface area contributed by atoms with Gasteiger partial charge in [0.2, 0.25) is 5.91 Å². The number of alkyl halides is 3. The fraction of sp³-hybridized carbons (Fsp3) is 0.217. The molecule has 1 aromatic carbocycles. The van der Waals surface area contributed by atoms with E-state index in [1.165, 1.54) is 24.1 Å². The van der Waals surface area contributed by atoms with Gasteiger partial charge in [-0.05, 0) is 42.0 Å². The number of carbonyl (C=O) groups is 2. The second kappa shape index (κ2) is 9.97. The van der Waals surface area contributed by atoms with Gasteiger partial charge in [0.05, 0.1) is 24.0 Å². The van der Waals surface area contributed by atoms with Gasteiger partial charge in [-0.2, -0.15) is 0 Å². The molecule has 3 amide bonds. The number of fused-ring (bicyclic) bond motifs is 1. The summed E-state index contributed by atoms with van der Waals surface area (Å²) in [5.74, 6) is -0.539. The average molecular weight is 487 g/mol. The van der Waals surface area contributed by atoms with Crippen LogP contribution in [0.1, 0.15) is 11.6 Å². The molecule has 1 atom stereocenters. The smallest absolute Gasteiger partial charge is 0.406 e. The molecular weight excluding hydrogens is 467 g/mol. The van der Waals surface area contributed by atoms with E-state index in [1.807, 2.05) is 0 Å². The first-order valence-corrected chi connectivity index (χ1v) is 10.4. The molecule has 0 bridgehead atoms. The summed E-state index contributed by atoms with van der Waals surface area (Å²) in [5, 5.41) is 5.45. The second-order valence-electron chi connectivity index (χ2n) is 7.51. The number of benzene rings is 1. The zero-order valence-electron chi connectivity index (χ0n) is 18.4. The lowest BCUT2D eigenvalue weighted by Crippen LogP contribution is -2.49. The summed E-state index contributed by atoms with van der Waals surface area (Å²) in [5.41, 5.74) is 2.20. The summed E-state index contributed by atoms with van der Waals surface area (Å²) in [6.07, 6.45) is -1.59. The Balaban J connectivity index is 1.58. The predicted molar refractivity (Wildman–Crippen MR) is 120 cm³/mol. The molecule has 182 valence electrons. The number of hydrogen-bond donors (Lipinski definition) is 2. The van der Waals surface area contributed by atoms with Gasteiger partial charge in [0.1, 0.15) is 12.3 Å². The number of aromatic nitrogens is 2. The number of anilines is 2. The summed E-state index contributed by atoms with van der Waals surface area (Å²) in [7, 11) is 1.42. The third kappa shape index (κ3) is 5.84. The molecule has 3 heterocycles. The van der Waals surface area contributed by atoms with Gasteiger partial charge in [-0.15, -0.1) is 13.2 Å². The van der Waals surface area contributed by atoms with Crippen LogP contribution in [0.15, 0.2) is 60.9 Å². The number of rotatable bonds is 6. The van der Waals surface area contributed by atoms with Crippen LogP contribution in [-0.2, 0) is 9.53 Å². The van der Waals surface area contributed by atoms with E-state index in [2.05, 4.69) is 25.3 Å². The number of amides is 3. The Morgan fingerprint density at radius 1 is 1.14 bits per heavy atom. The van der Waals surface area contributed by atoms with Crippen molar-refractivity contribution in [2.75, 3.05) is 30.5 Å². The predicted octanol–water partition coefficient (Wildman–Crippen LogP) is 3.90. The molecule has 0 spiro atoms. The Labute approximate surface area is 197 Å². The fourth-order valence-electron chi connectivity index (χ4n) is 3.53. The van der Waals surface area contributed by atoms with Gasteiger partial charge in [0, 0.05) is 25.1 Å². The lowest BCUT2D eigenvalue weighted by atomic mass is 10.1. The molecule has 35 heavy (non-hydrogen) atoms. The molecule has 2 N–H and O–H groups in total. The quantitative estimate of drug-likeness (QED) is 0.547. The number of carbonyl (C=O) groups excluding carboxylic acids is 2. The molecule has 1 unspecified atom stereocenters. The van der Waals surface area contributed by atoms with Crippen LogP contribution in [0.25, 0.3) is 11.3 Å². The van der Waals surface area contributed by atoms with E-state index in [0.29, 0.717) is 16.9 Å². The van der Waals surface area contributed by atoms with Crippen molar-refractivity contribution in [3.8, 4) is 17.0 Å². The Morgan fingerprint density at radius 3 is 2.51 bits per heavy atom. The van der Waals surface area contributed by atoms with Crippen LogP contribution < -0.4 is 20.3 Å². The largest absolute Gasteiger partial charge is 0.573 e. The summed E-state index contributed by atoms with van der Waals surface area (Å²) in [4.78, 5) is 35.2. The minimum Gasteiger partial charge on any atom is -0.406 e. The number of halogens is 3. The topological polar surface area (TPSA) is 106 Å². The Bertz CT molecular complexity index is 1210. The summed E-state index contributed by atoms with van der Waals surface area (Å²) < 4.78 is 46.4. The van der Waals surface area contributed by atoms with Crippen molar-refractivity contribution in [3.63, 3.8) is 0 Å². The molecule has 1 aliphatic rings. The maximum absolute atomic E-state index is 13.2. The van der Waals surface area contributed by atoms with Gasteiger partial charge in [0.15, 0.2) is 5.82 Å². The summed E-state index contributed by atoms with van der Waals surface area (Å²) in [6, 6.07) is 10.6. The number of methoxy groups -OCH3 is 1.